The third-order valence-corrected chi connectivity index (χ3v) is 3.65. The molecule has 1 unspecified atom stereocenters. The molecule has 1 saturated carbocycles. The molecule has 0 nitrogen and oxygen atoms in total. The summed E-state index contributed by atoms with van der Waals surface area (Å²) < 4.78 is 0. The third-order valence-electron chi connectivity index (χ3n) is 3.38. The van der Waals surface area contributed by atoms with E-state index in [4.69, 9.17) is 11.6 Å². The van der Waals surface area contributed by atoms with Crippen molar-refractivity contribution < 1.29 is 0 Å². The predicted molar refractivity (Wildman–Crippen MR) is 60.2 cm³/mol. The maximum absolute atomic E-state index is 5.73. The average molecular weight is 201 g/mol. The number of alkyl halides is 1. The largest absolute Gasteiger partial charge is 0.127 e. The van der Waals surface area contributed by atoms with Gasteiger partial charge in [-0.1, -0.05) is 26.0 Å². The zero-order valence-electron chi connectivity index (χ0n) is 8.91. The van der Waals surface area contributed by atoms with Crippen LogP contribution in [0, 0.1) is 11.3 Å². The van der Waals surface area contributed by atoms with Crippen LogP contribution in [0.1, 0.15) is 46.0 Å². The van der Waals surface area contributed by atoms with Gasteiger partial charge in [-0.25, -0.2) is 0 Å². The first-order valence-electron chi connectivity index (χ1n) is 5.31. The van der Waals surface area contributed by atoms with E-state index < -0.39 is 0 Å². The molecular formula is C12H21Cl. The summed E-state index contributed by atoms with van der Waals surface area (Å²) in [6.45, 7) is 8.94. The molecule has 1 heteroatoms. The number of rotatable bonds is 3. The fourth-order valence-corrected chi connectivity index (χ4v) is 2.70. The molecule has 13 heavy (non-hydrogen) atoms. The van der Waals surface area contributed by atoms with Gasteiger partial charge in [-0.15, -0.1) is 11.6 Å². The fourth-order valence-electron chi connectivity index (χ4n) is 2.55. The highest BCUT2D eigenvalue weighted by molar-refractivity contribution is 6.17. The molecule has 0 aliphatic heterocycles. The average Bonchev–Trinajstić information content (AvgIpc) is 2.02. The second-order valence-electron chi connectivity index (χ2n) is 4.88. The van der Waals surface area contributed by atoms with Crippen molar-refractivity contribution in [3.8, 4) is 0 Å². The van der Waals surface area contributed by atoms with E-state index >= 15 is 0 Å². The van der Waals surface area contributed by atoms with Gasteiger partial charge in [0.05, 0.1) is 0 Å². The molecular weight excluding hydrogens is 180 g/mol. The molecule has 0 bridgehead atoms. The van der Waals surface area contributed by atoms with Crippen molar-refractivity contribution in [3.05, 3.63) is 12.2 Å². The first kappa shape index (κ1) is 11.1. The minimum Gasteiger partial charge on any atom is -0.127 e. The van der Waals surface area contributed by atoms with Gasteiger partial charge in [-0.3, -0.25) is 0 Å². The highest BCUT2D eigenvalue weighted by atomic mass is 35.5. The van der Waals surface area contributed by atoms with Crippen molar-refractivity contribution in [3.63, 3.8) is 0 Å². The Labute approximate surface area is 87.4 Å². The first-order valence-corrected chi connectivity index (χ1v) is 5.85. The van der Waals surface area contributed by atoms with Crippen LogP contribution in [0.3, 0.4) is 0 Å². The van der Waals surface area contributed by atoms with Crippen LogP contribution in [-0.2, 0) is 0 Å². The lowest BCUT2D eigenvalue weighted by atomic mass is 9.65. The number of hydrogen-bond acceptors (Lipinski definition) is 0. The molecule has 1 aliphatic rings. The van der Waals surface area contributed by atoms with E-state index in [1.54, 1.807) is 0 Å². The van der Waals surface area contributed by atoms with Crippen molar-refractivity contribution in [1.82, 2.24) is 0 Å². The van der Waals surface area contributed by atoms with E-state index in [9.17, 15) is 0 Å². The van der Waals surface area contributed by atoms with Gasteiger partial charge in [-0.05, 0) is 43.4 Å². The minimum atomic E-state index is 0.460. The van der Waals surface area contributed by atoms with Crippen LogP contribution in [0.15, 0.2) is 12.2 Å². The van der Waals surface area contributed by atoms with E-state index in [2.05, 4.69) is 20.4 Å². The molecule has 0 heterocycles. The van der Waals surface area contributed by atoms with Crippen LogP contribution in [0.4, 0.5) is 0 Å². The van der Waals surface area contributed by atoms with Crippen molar-refractivity contribution in [2.45, 2.75) is 46.0 Å². The van der Waals surface area contributed by atoms with Gasteiger partial charge < -0.3 is 0 Å². The van der Waals surface area contributed by atoms with Crippen LogP contribution in [0.25, 0.3) is 0 Å². The fraction of sp³-hybridized carbons (Fsp3) is 0.833. The molecule has 76 valence electrons. The lowest BCUT2D eigenvalue weighted by Crippen LogP contribution is -2.29. The van der Waals surface area contributed by atoms with Gasteiger partial charge in [0.2, 0.25) is 0 Å². The zero-order valence-corrected chi connectivity index (χ0v) is 9.66. The predicted octanol–water partition coefficient (Wildman–Crippen LogP) is 4.39. The van der Waals surface area contributed by atoms with Crippen molar-refractivity contribution in [2.24, 2.45) is 11.3 Å². The molecule has 0 saturated heterocycles. The third kappa shape index (κ3) is 2.74. The Morgan fingerprint density at radius 2 is 2.23 bits per heavy atom. The Bertz CT molecular complexity index is 182. The highest BCUT2D eigenvalue weighted by Gasteiger charge is 2.33. The van der Waals surface area contributed by atoms with E-state index in [0.717, 1.165) is 12.3 Å². The Morgan fingerprint density at radius 1 is 1.54 bits per heavy atom. The molecule has 1 rings (SSSR count). The molecule has 0 N–H and O–H groups in total. The molecule has 0 aromatic carbocycles. The number of halogens is 1. The Kier molecular flexibility index (Phi) is 3.85. The topological polar surface area (TPSA) is 0 Å². The van der Waals surface area contributed by atoms with Gasteiger partial charge in [0.15, 0.2) is 0 Å². The highest BCUT2D eigenvalue weighted by Crippen LogP contribution is 2.45. The summed E-state index contributed by atoms with van der Waals surface area (Å²) in [6.07, 6.45) is 6.27. The van der Waals surface area contributed by atoms with Crippen LogP contribution in [0.2, 0.25) is 0 Å². The van der Waals surface area contributed by atoms with E-state index in [1.165, 1.54) is 31.3 Å². The Balaban J connectivity index is 2.58. The molecule has 0 radical (unpaired) electrons. The lowest BCUT2D eigenvalue weighted by Gasteiger charge is -2.40. The maximum Gasteiger partial charge on any atom is 0.0223 e. The van der Waals surface area contributed by atoms with Gasteiger partial charge in [0.25, 0.3) is 0 Å². The number of hydrogen-bond donors (Lipinski definition) is 0. The summed E-state index contributed by atoms with van der Waals surface area (Å²) in [6, 6.07) is 0. The molecule has 0 aromatic heterocycles. The van der Waals surface area contributed by atoms with Crippen molar-refractivity contribution >= 4 is 11.6 Å². The van der Waals surface area contributed by atoms with Crippen molar-refractivity contribution in [1.29, 1.82) is 0 Å². The normalized spacial score (nSPS) is 27.6. The molecule has 1 atom stereocenters. The van der Waals surface area contributed by atoms with Gasteiger partial charge in [0.1, 0.15) is 0 Å². The smallest absolute Gasteiger partial charge is 0.0223 e. The second kappa shape index (κ2) is 4.50. The summed E-state index contributed by atoms with van der Waals surface area (Å²) in [5.41, 5.74) is 1.92. The molecule has 0 spiro atoms. The summed E-state index contributed by atoms with van der Waals surface area (Å²) in [5, 5.41) is 0. The van der Waals surface area contributed by atoms with Crippen LogP contribution in [0.5, 0.6) is 0 Å². The van der Waals surface area contributed by atoms with Gasteiger partial charge in [0, 0.05) is 5.88 Å². The molecule has 1 aliphatic carbocycles. The van der Waals surface area contributed by atoms with Gasteiger partial charge >= 0.3 is 0 Å². The maximum atomic E-state index is 5.73. The zero-order chi connectivity index (χ0) is 9.90. The summed E-state index contributed by atoms with van der Waals surface area (Å²) in [5.74, 6) is 1.50. The first-order chi connectivity index (χ1) is 6.08. The molecule has 1 fully saturated rings. The molecule has 0 aromatic rings. The Morgan fingerprint density at radius 3 is 2.77 bits per heavy atom. The van der Waals surface area contributed by atoms with Crippen LogP contribution in [-0.4, -0.2) is 5.88 Å². The SMILES string of the molecule is C=C1CCCC(C)(C)C1CCCCl. The minimum absolute atomic E-state index is 0.460. The van der Waals surface area contributed by atoms with E-state index in [0.29, 0.717) is 11.3 Å². The Hall–Kier alpha value is 0.0300. The van der Waals surface area contributed by atoms with Crippen molar-refractivity contribution in [2.75, 3.05) is 5.88 Å². The standard InChI is InChI=1S/C12H21Cl/c1-10-6-4-8-12(2,3)11(10)7-5-9-13/h11H,1,4-9H2,2-3H3. The van der Waals surface area contributed by atoms with E-state index in [1.807, 2.05) is 0 Å². The van der Waals surface area contributed by atoms with Crippen LogP contribution >= 0.6 is 11.6 Å². The number of allylic oxidation sites excluding steroid dienone is 1. The van der Waals surface area contributed by atoms with E-state index in [-0.39, 0.29) is 0 Å². The van der Waals surface area contributed by atoms with Gasteiger partial charge in [-0.2, -0.15) is 0 Å². The van der Waals surface area contributed by atoms with Crippen LogP contribution < -0.4 is 0 Å². The quantitative estimate of drug-likeness (QED) is 0.468. The summed E-state index contributed by atoms with van der Waals surface area (Å²) >= 11 is 5.73. The summed E-state index contributed by atoms with van der Waals surface area (Å²) in [4.78, 5) is 0. The second-order valence-corrected chi connectivity index (χ2v) is 5.26. The monoisotopic (exact) mass is 200 g/mol. The molecule has 0 amide bonds. The summed E-state index contributed by atoms with van der Waals surface area (Å²) in [7, 11) is 0. The lowest BCUT2D eigenvalue weighted by molar-refractivity contribution is 0.179.